The summed E-state index contributed by atoms with van der Waals surface area (Å²) in [4.78, 5) is 0. The van der Waals surface area contributed by atoms with Gasteiger partial charge in [0.15, 0.2) is 0 Å². The summed E-state index contributed by atoms with van der Waals surface area (Å²) in [6, 6.07) is 3.48. The Hall–Kier alpha value is -1.69. The molecule has 0 radical (unpaired) electrons. The molecule has 100 valence electrons. The highest BCUT2D eigenvalue weighted by molar-refractivity contribution is 5.80. The maximum atomic E-state index is 12.9. The summed E-state index contributed by atoms with van der Waals surface area (Å²) in [6.45, 7) is 2.44. The van der Waals surface area contributed by atoms with Crippen LogP contribution in [0.5, 0.6) is 0 Å². The minimum atomic E-state index is -0.574. The lowest BCUT2D eigenvalue weighted by atomic mass is 10.1. The van der Waals surface area contributed by atoms with E-state index in [9.17, 15) is 8.78 Å². The van der Waals surface area contributed by atoms with Crippen LogP contribution in [0.1, 0.15) is 18.9 Å². The SMILES string of the molecule is CC(CC(N)=NO)NCCc1cc(F)cc(F)c1. The van der Waals surface area contributed by atoms with E-state index in [1.54, 1.807) is 0 Å². The van der Waals surface area contributed by atoms with E-state index in [0.717, 1.165) is 6.07 Å². The molecule has 1 atom stereocenters. The topological polar surface area (TPSA) is 70.6 Å². The largest absolute Gasteiger partial charge is 0.409 e. The molecular formula is C12H17F2N3O. The zero-order valence-electron chi connectivity index (χ0n) is 10.2. The first-order valence-electron chi connectivity index (χ1n) is 5.66. The second-order valence-electron chi connectivity index (χ2n) is 4.18. The van der Waals surface area contributed by atoms with Crippen molar-refractivity contribution in [2.24, 2.45) is 10.9 Å². The Labute approximate surface area is 104 Å². The van der Waals surface area contributed by atoms with E-state index in [4.69, 9.17) is 10.9 Å². The second kappa shape index (κ2) is 6.90. The van der Waals surface area contributed by atoms with E-state index in [0.29, 0.717) is 24.9 Å². The van der Waals surface area contributed by atoms with Crippen LogP contribution in [0.4, 0.5) is 8.78 Å². The van der Waals surface area contributed by atoms with E-state index in [1.165, 1.54) is 12.1 Å². The summed E-state index contributed by atoms with van der Waals surface area (Å²) in [5.41, 5.74) is 5.95. The van der Waals surface area contributed by atoms with Gasteiger partial charge in [0.25, 0.3) is 0 Å². The standard InChI is InChI=1S/C12H17F2N3O/c1-8(4-12(15)17-18)16-3-2-9-5-10(13)7-11(14)6-9/h5-8,16,18H,2-4H2,1H3,(H2,15,17). The zero-order chi connectivity index (χ0) is 13.5. The van der Waals surface area contributed by atoms with Gasteiger partial charge in [-0.1, -0.05) is 5.16 Å². The molecule has 4 N–H and O–H groups in total. The summed E-state index contributed by atoms with van der Waals surface area (Å²) in [6.07, 6.45) is 0.920. The summed E-state index contributed by atoms with van der Waals surface area (Å²) in [7, 11) is 0. The number of amidine groups is 1. The van der Waals surface area contributed by atoms with Crippen molar-refractivity contribution in [2.45, 2.75) is 25.8 Å². The molecule has 6 heteroatoms. The van der Waals surface area contributed by atoms with Gasteiger partial charge in [0.05, 0.1) is 0 Å². The molecular weight excluding hydrogens is 240 g/mol. The molecule has 18 heavy (non-hydrogen) atoms. The molecule has 0 heterocycles. The number of hydrogen-bond donors (Lipinski definition) is 3. The van der Waals surface area contributed by atoms with Gasteiger partial charge in [0.1, 0.15) is 17.5 Å². The number of halogens is 2. The van der Waals surface area contributed by atoms with E-state index < -0.39 is 11.6 Å². The maximum absolute atomic E-state index is 12.9. The molecule has 0 aliphatic rings. The van der Waals surface area contributed by atoms with Crippen molar-refractivity contribution < 1.29 is 14.0 Å². The van der Waals surface area contributed by atoms with Crippen molar-refractivity contribution in [3.8, 4) is 0 Å². The van der Waals surface area contributed by atoms with Crippen molar-refractivity contribution in [1.82, 2.24) is 5.32 Å². The molecule has 0 fully saturated rings. The summed E-state index contributed by atoms with van der Waals surface area (Å²) < 4.78 is 25.8. The minimum Gasteiger partial charge on any atom is -0.409 e. The molecule has 1 unspecified atom stereocenters. The number of rotatable bonds is 6. The Morgan fingerprint density at radius 2 is 2.00 bits per heavy atom. The van der Waals surface area contributed by atoms with Gasteiger partial charge in [-0.15, -0.1) is 0 Å². The van der Waals surface area contributed by atoms with Crippen LogP contribution in [0.25, 0.3) is 0 Å². The molecule has 1 rings (SSSR count). The fraction of sp³-hybridized carbons (Fsp3) is 0.417. The van der Waals surface area contributed by atoms with E-state index in [1.807, 2.05) is 6.92 Å². The van der Waals surface area contributed by atoms with E-state index >= 15 is 0 Å². The molecule has 0 aliphatic heterocycles. The second-order valence-corrected chi connectivity index (χ2v) is 4.18. The molecule has 0 aliphatic carbocycles. The number of nitrogens with two attached hydrogens (primary N) is 1. The van der Waals surface area contributed by atoms with E-state index in [2.05, 4.69) is 10.5 Å². The Bertz CT molecular complexity index is 404. The smallest absolute Gasteiger partial charge is 0.140 e. The quantitative estimate of drug-likeness (QED) is 0.314. The predicted molar refractivity (Wildman–Crippen MR) is 65.6 cm³/mol. The molecule has 4 nitrogen and oxygen atoms in total. The van der Waals surface area contributed by atoms with Crippen molar-refractivity contribution >= 4 is 5.84 Å². The van der Waals surface area contributed by atoms with Crippen LogP contribution in [0, 0.1) is 11.6 Å². The lowest BCUT2D eigenvalue weighted by Crippen LogP contribution is -2.32. The van der Waals surface area contributed by atoms with Gasteiger partial charge in [-0.05, 0) is 37.6 Å². The average molecular weight is 257 g/mol. The van der Waals surface area contributed by atoms with Crippen LogP contribution < -0.4 is 11.1 Å². The van der Waals surface area contributed by atoms with Gasteiger partial charge in [0, 0.05) is 18.5 Å². The molecule has 1 aromatic carbocycles. The first-order valence-corrected chi connectivity index (χ1v) is 5.66. The van der Waals surface area contributed by atoms with Crippen molar-refractivity contribution in [3.05, 3.63) is 35.4 Å². The fourth-order valence-electron chi connectivity index (χ4n) is 1.64. The zero-order valence-corrected chi connectivity index (χ0v) is 10.2. The minimum absolute atomic E-state index is 0.0271. The van der Waals surface area contributed by atoms with Gasteiger partial charge in [-0.2, -0.15) is 0 Å². The van der Waals surface area contributed by atoms with Gasteiger partial charge >= 0.3 is 0 Å². The third kappa shape index (κ3) is 5.09. The normalized spacial score (nSPS) is 13.6. The van der Waals surface area contributed by atoms with Crippen LogP contribution >= 0.6 is 0 Å². The summed E-state index contributed by atoms with van der Waals surface area (Å²) >= 11 is 0. The molecule has 0 spiro atoms. The van der Waals surface area contributed by atoms with Crippen LogP contribution in [0.15, 0.2) is 23.4 Å². The van der Waals surface area contributed by atoms with Gasteiger partial charge < -0.3 is 16.3 Å². The molecule has 0 saturated heterocycles. The Morgan fingerprint density at radius 1 is 1.39 bits per heavy atom. The molecule has 0 amide bonds. The summed E-state index contributed by atoms with van der Waals surface area (Å²) in [5, 5.41) is 14.4. The highest BCUT2D eigenvalue weighted by atomic mass is 19.1. The van der Waals surface area contributed by atoms with Crippen LogP contribution in [-0.2, 0) is 6.42 Å². The Morgan fingerprint density at radius 3 is 2.56 bits per heavy atom. The van der Waals surface area contributed by atoms with Crippen LogP contribution in [-0.4, -0.2) is 23.6 Å². The lowest BCUT2D eigenvalue weighted by molar-refractivity contribution is 0.316. The third-order valence-corrected chi connectivity index (χ3v) is 2.47. The fourth-order valence-corrected chi connectivity index (χ4v) is 1.64. The highest BCUT2D eigenvalue weighted by Crippen LogP contribution is 2.08. The van der Waals surface area contributed by atoms with Crippen molar-refractivity contribution in [3.63, 3.8) is 0 Å². The third-order valence-electron chi connectivity index (χ3n) is 2.47. The first kappa shape index (κ1) is 14.4. The number of nitrogens with one attached hydrogen (secondary N) is 1. The first-order chi connectivity index (χ1) is 8.51. The lowest BCUT2D eigenvalue weighted by Gasteiger charge is -2.12. The van der Waals surface area contributed by atoms with E-state index in [-0.39, 0.29) is 11.9 Å². The van der Waals surface area contributed by atoms with Gasteiger partial charge in [-0.3, -0.25) is 0 Å². The Kier molecular flexibility index (Phi) is 5.51. The average Bonchev–Trinajstić information content (AvgIpc) is 2.27. The Balaban J connectivity index is 2.37. The molecule has 0 saturated carbocycles. The predicted octanol–water partition coefficient (Wildman–Crippen LogP) is 1.62. The van der Waals surface area contributed by atoms with Crippen LogP contribution in [0.2, 0.25) is 0 Å². The van der Waals surface area contributed by atoms with Crippen molar-refractivity contribution in [2.75, 3.05) is 6.54 Å². The molecule has 0 bridgehead atoms. The van der Waals surface area contributed by atoms with Crippen LogP contribution in [0.3, 0.4) is 0 Å². The summed E-state index contributed by atoms with van der Waals surface area (Å²) in [5.74, 6) is -1.00. The van der Waals surface area contributed by atoms with Gasteiger partial charge in [-0.25, -0.2) is 8.78 Å². The van der Waals surface area contributed by atoms with Gasteiger partial charge in [0.2, 0.25) is 0 Å². The molecule has 0 aromatic heterocycles. The number of oxime groups is 1. The monoisotopic (exact) mass is 257 g/mol. The number of benzene rings is 1. The molecule has 1 aromatic rings. The highest BCUT2D eigenvalue weighted by Gasteiger charge is 2.05. The number of hydrogen-bond acceptors (Lipinski definition) is 3. The van der Waals surface area contributed by atoms with Crippen molar-refractivity contribution in [1.29, 1.82) is 0 Å². The maximum Gasteiger partial charge on any atom is 0.140 e. The number of nitrogens with zero attached hydrogens (tertiary/aromatic N) is 1.